The number of nitrogens with zero attached hydrogens (tertiary/aromatic N) is 3. The van der Waals surface area contributed by atoms with E-state index in [-0.39, 0.29) is 5.56 Å². The van der Waals surface area contributed by atoms with Crippen LogP contribution in [0, 0.1) is 13.8 Å². The number of hydrogen-bond acceptors (Lipinski definition) is 5. The van der Waals surface area contributed by atoms with Gasteiger partial charge in [-0.1, -0.05) is 12.1 Å². The Bertz CT molecular complexity index is 872. The number of para-hydroxylation sites is 1. The van der Waals surface area contributed by atoms with Crippen LogP contribution in [0.15, 0.2) is 35.3 Å². The van der Waals surface area contributed by atoms with Crippen LogP contribution in [-0.4, -0.2) is 26.5 Å². The van der Waals surface area contributed by atoms with Gasteiger partial charge in [-0.15, -0.1) is 0 Å². The van der Waals surface area contributed by atoms with Crippen molar-refractivity contribution < 1.29 is 0 Å². The molecule has 0 radical (unpaired) electrons. The number of anilines is 1. The van der Waals surface area contributed by atoms with Gasteiger partial charge in [0.15, 0.2) is 0 Å². The van der Waals surface area contributed by atoms with Gasteiger partial charge in [-0.05, 0) is 26.0 Å². The molecule has 2 heterocycles. The van der Waals surface area contributed by atoms with Crippen molar-refractivity contribution in [3.8, 4) is 0 Å². The maximum atomic E-state index is 12.0. The van der Waals surface area contributed by atoms with Crippen molar-refractivity contribution in [1.29, 1.82) is 0 Å². The minimum absolute atomic E-state index is 0.105. The summed E-state index contributed by atoms with van der Waals surface area (Å²) in [4.78, 5) is 28.0. The quantitative estimate of drug-likeness (QED) is 0.769. The highest BCUT2D eigenvalue weighted by atomic mass is 16.1. The first-order chi connectivity index (χ1) is 10.6. The lowest BCUT2D eigenvalue weighted by atomic mass is 10.2. The summed E-state index contributed by atoms with van der Waals surface area (Å²) in [5, 5.41) is 3.84. The molecule has 3 rings (SSSR count). The summed E-state index contributed by atoms with van der Waals surface area (Å²) in [6.07, 6.45) is 2.35. The molecule has 0 saturated carbocycles. The Balaban J connectivity index is 1.74. The fourth-order valence-electron chi connectivity index (χ4n) is 2.26. The Morgan fingerprint density at radius 1 is 1.18 bits per heavy atom. The number of aryl methyl sites for hydroxylation is 2. The van der Waals surface area contributed by atoms with Gasteiger partial charge in [-0.25, -0.2) is 9.97 Å². The van der Waals surface area contributed by atoms with Crippen molar-refractivity contribution in [2.24, 2.45) is 0 Å². The highest BCUT2D eigenvalue weighted by Crippen LogP contribution is 2.09. The molecule has 0 aliphatic rings. The molecule has 0 atom stereocenters. The first kappa shape index (κ1) is 14.2. The van der Waals surface area contributed by atoms with E-state index in [1.165, 1.54) is 0 Å². The Labute approximate surface area is 127 Å². The van der Waals surface area contributed by atoms with Crippen molar-refractivity contribution in [1.82, 2.24) is 19.9 Å². The predicted octanol–water partition coefficient (Wildman–Crippen LogP) is 1.98. The van der Waals surface area contributed by atoms with Crippen LogP contribution < -0.4 is 10.9 Å². The molecule has 6 heteroatoms. The third kappa shape index (κ3) is 2.95. The van der Waals surface area contributed by atoms with E-state index in [9.17, 15) is 4.79 Å². The molecule has 0 spiro atoms. The third-order valence-corrected chi connectivity index (χ3v) is 3.39. The Kier molecular flexibility index (Phi) is 3.82. The smallest absolute Gasteiger partial charge is 0.258 e. The zero-order valence-electron chi connectivity index (χ0n) is 12.6. The molecule has 0 amide bonds. The minimum Gasteiger partial charge on any atom is -0.368 e. The van der Waals surface area contributed by atoms with Crippen LogP contribution >= 0.6 is 0 Å². The molecule has 0 aliphatic carbocycles. The zero-order valence-corrected chi connectivity index (χ0v) is 12.6. The number of aromatic amines is 1. The van der Waals surface area contributed by atoms with Crippen molar-refractivity contribution in [2.75, 3.05) is 11.9 Å². The van der Waals surface area contributed by atoms with Crippen LogP contribution in [-0.2, 0) is 6.42 Å². The van der Waals surface area contributed by atoms with Gasteiger partial charge < -0.3 is 10.3 Å². The minimum atomic E-state index is -0.105. The predicted molar refractivity (Wildman–Crippen MR) is 86.1 cm³/mol. The van der Waals surface area contributed by atoms with Crippen molar-refractivity contribution in [2.45, 2.75) is 20.3 Å². The maximum absolute atomic E-state index is 12.0. The fraction of sp³-hybridized carbons (Fsp3) is 0.250. The number of rotatable bonds is 4. The highest BCUT2D eigenvalue weighted by Gasteiger charge is 2.05. The molecule has 0 unspecified atom stereocenters. The summed E-state index contributed by atoms with van der Waals surface area (Å²) < 4.78 is 0. The second-order valence-corrected chi connectivity index (χ2v) is 5.15. The van der Waals surface area contributed by atoms with Crippen LogP contribution in [0.3, 0.4) is 0 Å². The Hall–Kier alpha value is -2.76. The lowest BCUT2D eigenvalue weighted by Crippen LogP contribution is -2.16. The normalized spacial score (nSPS) is 10.8. The van der Waals surface area contributed by atoms with Gasteiger partial charge in [-0.3, -0.25) is 9.78 Å². The lowest BCUT2D eigenvalue weighted by molar-refractivity contribution is 0.887. The van der Waals surface area contributed by atoms with Gasteiger partial charge in [0.1, 0.15) is 11.6 Å². The SMILES string of the molecule is Cc1cnc(C)c(NCCc2nc3ccccc3c(=O)[nH]2)n1. The maximum Gasteiger partial charge on any atom is 0.258 e. The van der Waals surface area contributed by atoms with Crippen molar-refractivity contribution in [3.63, 3.8) is 0 Å². The number of hydrogen-bond donors (Lipinski definition) is 2. The first-order valence-electron chi connectivity index (χ1n) is 7.15. The second kappa shape index (κ2) is 5.93. The Morgan fingerprint density at radius 3 is 2.86 bits per heavy atom. The number of aromatic nitrogens is 4. The zero-order chi connectivity index (χ0) is 15.5. The standard InChI is InChI=1S/C16H17N5O/c1-10-9-18-11(2)15(19-10)17-8-7-14-20-13-6-4-3-5-12(13)16(22)21-14/h3-6,9H,7-8H2,1-2H3,(H,17,19)(H,20,21,22). The average Bonchev–Trinajstić information content (AvgIpc) is 2.51. The number of benzene rings is 1. The molecule has 2 aromatic heterocycles. The largest absolute Gasteiger partial charge is 0.368 e. The first-order valence-corrected chi connectivity index (χ1v) is 7.15. The molecule has 0 fully saturated rings. The van der Waals surface area contributed by atoms with Gasteiger partial charge in [-0.2, -0.15) is 0 Å². The van der Waals surface area contributed by atoms with E-state index in [4.69, 9.17) is 0 Å². The second-order valence-electron chi connectivity index (χ2n) is 5.15. The topological polar surface area (TPSA) is 83.6 Å². The van der Waals surface area contributed by atoms with E-state index in [0.29, 0.717) is 29.7 Å². The van der Waals surface area contributed by atoms with E-state index in [0.717, 1.165) is 17.2 Å². The van der Waals surface area contributed by atoms with Gasteiger partial charge >= 0.3 is 0 Å². The molecule has 0 bridgehead atoms. The average molecular weight is 295 g/mol. The van der Waals surface area contributed by atoms with Crippen LogP contribution in [0.4, 0.5) is 5.82 Å². The van der Waals surface area contributed by atoms with E-state index in [1.54, 1.807) is 12.3 Å². The van der Waals surface area contributed by atoms with E-state index >= 15 is 0 Å². The summed E-state index contributed by atoms with van der Waals surface area (Å²) in [5.74, 6) is 1.43. The van der Waals surface area contributed by atoms with E-state index in [1.807, 2.05) is 32.0 Å². The van der Waals surface area contributed by atoms with E-state index < -0.39 is 0 Å². The van der Waals surface area contributed by atoms with Crippen molar-refractivity contribution >= 4 is 16.7 Å². The summed E-state index contributed by atoms with van der Waals surface area (Å²) >= 11 is 0. The number of fused-ring (bicyclic) bond motifs is 1. The molecule has 1 aromatic carbocycles. The fourth-order valence-corrected chi connectivity index (χ4v) is 2.26. The molecule has 6 nitrogen and oxygen atoms in total. The highest BCUT2D eigenvalue weighted by molar-refractivity contribution is 5.77. The molecular weight excluding hydrogens is 278 g/mol. The van der Waals surface area contributed by atoms with Gasteiger partial charge in [0.2, 0.25) is 0 Å². The molecule has 22 heavy (non-hydrogen) atoms. The van der Waals surface area contributed by atoms with Crippen LogP contribution in [0.1, 0.15) is 17.2 Å². The number of H-pyrrole nitrogens is 1. The summed E-state index contributed by atoms with van der Waals surface area (Å²) in [6.45, 7) is 4.44. The van der Waals surface area contributed by atoms with Gasteiger partial charge in [0, 0.05) is 19.2 Å². The van der Waals surface area contributed by atoms with Gasteiger partial charge in [0.25, 0.3) is 5.56 Å². The summed E-state index contributed by atoms with van der Waals surface area (Å²) in [6, 6.07) is 7.33. The molecule has 0 saturated heterocycles. The van der Waals surface area contributed by atoms with Crippen LogP contribution in [0.25, 0.3) is 10.9 Å². The molecule has 0 aliphatic heterocycles. The molecule has 3 aromatic rings. The van der Waals surface area contributed by atoms with Crippen molar-refractivity contribution in [3.05, 3.63) is 58.0 Å². The number of nitrogens with one attached hydrogen (secondary N) is 2. The molecule has 2 N–H and O–H groups in total. The summed E-state index contributed by atoms with van der Waals surface area (Å²) in [5.41, 5.74) is 2.33. The van der Waals surface area contributed by atoms with Gasteiger partial charge in [0.05, 0.1) is 22.3 Å². The third-order valence-electron chi connectivity index (χ3n) is 3.39. The monoisotopic (exact) mass is 295 g/mol. The summed E-state index contributed by atoms with van der Waals surface area (Å²) in [7, 11) is 0. The van der Waals surface area contributed by atoms with E-state index in [2.05, 4.69) is 25.3 Å². The van der Waals surface area contributed by atoms with Crippen LogP contribution in [0.2, 0.25) is 0 Å². The lowest BCUT2D eigenvalue weighted by Gasteiger charge is -2.08. The van der Waals surface area contributed by atoms with Crippen LogP contribution in [0.5, 0.6) is 0 Å². The molecular formula is C16H17N5O. The molecule has 112 valence electrons. The Morgan fingerprint density at radius 2 is 2.00 bits per heavy atom.